The maximum atomic E-state index is 5.34. The van der Waals surface area contributed by atoms with Gasteiger partial charge in [-0.15, -0.1) is 0 Å². The number of ether oxygens (including phenoxy) is 1. The molecule has 2 heterocycles. The monoisotopic (exact) mass is 250 g/mol. The molecular weight excluding hydrogens is 232 g/mol. The van der Waals surface area contributed by atoms with Gasteiger partial charge >= 0.3 is 0 Å². The highest BCUT2D eigenvalue weighted by Gasteiger charge is 2.23. The van der Waals surface area contributed by atoms with Crippen LogP contribution >= 0.6 is 0 Å². The first-order chi connectivity index (χ1) is 8.85. The third-order valence-electron chi connectivity index (χ3n) is 3.05. The van der Waals surface area contributed by atoms with Gasteiger partial charge in [0.1, 0.15) is 0 Å². The van der Waals surface area contributed by atoms with Crippen LogP contribution in [0.1, 0.15) is 12.8 Å². The van der Waals surface area contributed by atoms with E-state index < -0.39 is 0 Å². The van der Waals surface area contributed by atoms with Crippen molar-refractivity contribution in [2.75, 3.05) is 48.9 Å². The Balaban J connectivity index is 1.81. The molecule has 7 nitrogen and oxygen atoms in total. The molecular formula is C11H18N6O. The van der Waals surface area contributed by atoms with Crippen LogP contribution in [-0.2, 0) is 4.74 Å². The van der Waals surface area contributed by atoms with E-state index in [1.165, 1.54) is 12.8 Å². The van der Waals surface area contributed by atoms with E-state index in [1.54, 1.807) is 0 Å². The van der Waals surface area contributed by atoms with Crippen LogP contribution in [-0.4, -0.2) is 54.3 Å². The molecule has 0 amide bonds. The second-order valence-corrected chi connectivity index (χ2v) is 4.55. The summed E-state index contributed by atoms with van der Waals surface area (Å²) < 4.78 is 5.34. The zero-order valence-electron chi connectivity index (χ0n) is 10.5. The Labute approximate surface area is 106 Å². The Hall–Kier alpha value is -1.63. The van der Waals surface area contributed by atoms with Gasteiger partial charge in [0.25, 0.3) is 0 Å². The Morgan fingerprint density at radius 3 is 2.50 bits per heavy atom. The van der Waals surface area contributed by atoms with Gasteiger partial charge in [-0.05, 0) is 12.8 Å². The van der Waals surface area contributed by atoms with E-state index in [9.17, 15) is 0 Å². The second-order valence-electron chi connectivity index (χ2n) is 4.55. The molecule has 7 heteroatoms. The largest absolute Gasteiger partial charge is 0.378 e. The van der Waals surface area contributed by atoms with E-state index in [1.807, 2.05) is 7.05 Å². The fourth-order valence-electron chi connectivity index (χ4n) is 1.86. The van der Waals surface area contributed by atoms with E-state index in [2.05, 4.69) is 30.5 Å². The van der Waals surface area contributed by atoms with E-state index >= 15 is 0 Å². The molecule has 1 aromatic heterocycles. The van der Waals surface area contributed by atoms with Crippen molar-refractivity contribution in [3.05, 3.63) is 0 Å². The lowest BCUT2D eigenvalue weighted by molar-refractivity contribution is 0.122. The maximum absolute atomic E-state index is 5.34. The third kappa shape index (κ3) is 2.61. The molecule has 2 fully saturated rings. The summed E-state index contributed by atoms with van der Waals surface area (Å²) in [6.07, 6.45) is 2.40. The third-order valence-corrected chi connectivity index (χ3v) is 3.05. The first-order valence-electron chi connectivity index (χ1n) is 6.38. The minimum atomic E-state index is 0.537. The molecule has 0 unspecified atom stereocenters. The number of anilines is 3. The van der Waals surface area contributed by atoms with Gasteiger partial charge in [0, 0.05) is 26.2 Å². The average Bonchev–Trinajstić information content (AvgIpc) is 3.23. The fraction of sp³-hybridized carbons (Fsp3) is 0.727. The summed E-state index contributed by atoms with van der Waals surface area (Å²) >= 11 is 0. The molecule has 0 spiro atoms. The quantitative estimate of drug-likeness (QED) is 0.797. The molecule has 0 radical (unpaired) electrons. The highest BCUT2D eigenvalue weighted by atomic mass is 16.5. The van der Waals surface area contributed by atoms with Crippen LogP contribution in [0.5, 0.6) is 0 Å². The molecule has 98 valence electrons. The highest BCUT2D eigenvalue weighted by Crippen LogP contribution is 2.24. The summed E-state index contributed by atoms with van der Waals surface area (Å²) in [7, 11) is 1.82. The van der Waals surface area contributed by atoms with Crippen LogP contribution in [0.3, 0.4) is 0 Å². The smallest absolute Gasteiger partial charge is 0.232 e. The van der Waals surface area contributed by atoms with Gasteiger partial charge in [-0.25, -0.2) is 0 Å². The zero-order chi connectivity index (χ0) is 12.4. The summed E-state index contributed by atoms with van der Waals surface area (Å²) in [5, 5.41) is 6.29. The molecule has 1 aliphatic carbocycles. The van der Waals surface area contributed by atoms with Crippen molar-refractivity contribution in [2.24, 2.45) is 0 Å². The van der Waals surface area contributed by atoms with Crippen molar-refractivity contribution in [3.63, 3.8) is 0 Å². The van der Waals surface area contributed by atoms with Crippen molar-refractivity contribution in [2.45, 2.75) is 18.9 Å². The predicted molar refractivity (Wildman–Crippen MR) is 69.1 cm³/mol. The summed E-state index contributed by atoms with van der Waals surface area (Å²) in [4.78, 5) is 15.3. The molecule has 1 aliphatic heterocycles. The van der Waals surface area contributed by atoms with E-state index in [-0.39, 0.29) is 0 Å². The highest BCUT2D eigenvalue weighted by molar-refractivity contribution is 5.44. The number of nitrogens with zero attached hydrogens (tertiary/aromatic N) is 4. The van der Waals surface area contributed by atoms with Gasteiger partial charge in [0.2, 0.25) is 17.8 Å². The minimum Gasteiger partial charge on any atom is -0.378 e. The number of rotatable bonds is 4. The SMILES string of the molecule is CNc1nc(NC2CC2)nc(N2CCOCC2)n1. The molecule has 2 N–H and O–H groups in total. The summed E-state index contributed by atoms with van der Waals surface area (Å²) in [6, 6.07) is 0.537. The first kappa shape index (κ1) is 11.5. The molecule has 3 rings (SSSR count). The van der Waals surface area contributed by atoms with Gasteiger partial charge in [-0.3, -0.25) is 0 Å². The molecule has 2 aliphatic rings. The lowest BCUT2D eigenvalue weighted by Gasteiger charge is -2.27. The zero-order valence-corrected chi connectivity index (χ0v) is 10.5. The Morgan fingerprint density at radius 2 is 1.83 bits per heavy atom. The average molecular weight is 250 g/mol. The predicted octanol–water partition coefficient (Wildman–Crippen LogP) is 0.324. The van der Waals surface area contributed by atoms with E-state index in [0.717, 1.165) is 32.3 Å². The lowest BCUT2D eigenvalue weighted by atomic mass is 10.4. The maximum Gasteiger partial charge on any atom is 0.232 e. The lowest BCUT2D eigenvalue weighted by Crippen LogP contribution is -2.37. The molecule has 1 aromatic rings. The number of nitrogens with one attached hydrogen (secondary N) is 2. The van der Waals surface area contributed by atoms with E-state index in [0.29, 0.717) is 17.9 Å². The molecule has 1 saturated carbocycles. The van der Waals surface area contributed by atoms with Crippen LogP contribution in [0.25, 0.3) is 0 Å². The van der Waals surface area contributed by atoms with Crippen molar-refractivity contribution in [3.8, 4) is 0 Å². The first-order valence-corrected chi connectivity index (χ1v) is 6.38. The molecule has 1 saturated heterocycles. The van der Waals surface area contributed by atoms with Crippen LogP contribution < -0.4 is 15.5 Å². The van der Waals surface area contributed by atoms with Crippen LogP contribution in [0.15, 0.2) is 0 Å². The normalized spacial score (nSPS) is 19.7. The molecule has 0 bridgehead atoms. The minimum absolute atomic E-state index is 0.537. The number of hydrogen-bond donors (Lipinski definition) is 2. The van der Waals surface area contributed by atoms with Gasteiger partial charge in [-0.1, -0.05) is 0 Å². The van der Waals surface area contributed by atoms with Gasteiger partial charge < -0.3 is 20.3 Å². The molecule has 0 aromatic carbocycles. The van der Waals surface area contributed by atoms with Gasteiger partial charge in [0.05, 0.1) is 13.2 Å². The summed E-state index contributed by atoms with van der Waals surface area (Å²) in [6.45, 7) is 3.12. The van der Waals surface area contributed by atoms with Gasteiger partial charge in [-0.2, -0.15) is 15.0 Å². The Kier molecular flexibility index (Phi) is 3.14. The molecule has 0 atom stereocenters. The fourth-order valence-corrected chi connectivity index (χ4v) is 1.86. The molecule has 18 heavy (non-hydrogen) atoms. The number of aromatic nitrogens is 3. The van der Waals surface area contributed by atoms with Crippen LogP contribution in [0, 0.1) is 0 Å². The van der Waals surface area contributed by atoms with Crippen LogP contribution in [0.4, 0.5) is 17.8 Å². The standard InChI is InChI=1S/C11H18N6O/c1-12-9-14-10(13-8-2-3-8)16-11(15-9)17-4-6-18-7-5-17/h8H,2-7H2,1H3,(H2,12,13,14,15,16). The van der Waals surface area contributed by atoms with Crippen molar-refractivity contribution >= 4 is 17.8 Å². The number of morpholine rings is 1. The van der Waals surface area contributed by atoms with Gasteiger partial charge in [0.15, 0.2) is 0 Å². The second kappa shape index (κ2) is 4.93. The van der Waals surface area contributed by atoms with Crippen molar-refractivity contribution in [1.29, 1.82) is 0 Å². The Morgan fingerprint density at radius 1 is 1.11 bits per heavy atom. The Bertz CT molecular complexity index is 416. The van der Waals surface area contributed by atoms with Crippen LogP contribution in [0.2, 0.25) is 0 Å². The van der Waals surface area contributed by atoms with Crippen molar-refractivity contribution in [1.82, 2.24) is 15.0 Å². The van der Waals surface area contributed by atoms with E-state index in [4.69, 9.17) is 4.74 Å². The number of hydrogen-bond acceptors (Lipinski definition) is 7. The summed E-state index contributed by atoms with van der Waals surface area (Å²) in [5.41, 5.74) is 0. The summed E-state index contributed by atoms with van der Waals surface area (Å²) in [5.74, 6) is 1.99. The van der Waals surface area contributed by atoms with Crippen molar-refractivity contribution < 1.29 is 4.74 Å². The topological polar surface area (TPSA) is 75.2 Å².